The predicted octanol–water partition coefficient (Wildman–Crippen LogP) is 2.18. The van der Waals surface area contributed by atoms with Gasteiger partial charge in [0.05, 0.1) is 17.6 Å². The van der Waals surface area contributed by atoms with Crippen molar-refractivity contribution in [3.05, 3.63) is 35.4 Å². The molecule has 76 valence electrons. The molecule has 3 heteroatoms. The number of hydrogen-bond acceptors (Lipinski definition) is 3. The highest BCUT2D eigenvalue weighted by Crippen LogP contribution is 2.38. The minimum absolute atomic E-state index is 0.0158. The molecule has 2 atom stereocenters. The number of rotatable bonds is 2. The molecule has 1 fully saturated rings. The summed E-state index contributed by atoms with van der Waals surface area (Å²) in [6.07, 6.45) is 0.680. The van der Waals surface area contributed by atoms with E-state index >= 15 is 0 Å². The lowest BCUT2D eigenvalue weighted by atomic mass is 9.88. The molecule has 0 unspecified atom stereocenters. The normalized spacial score (nSPS) is 23.9. The Morgan fingerprint density at radius 2 is 2.07 bits per heavy atom. The summed E-state index contributed by atoms with van der Waals surface area (Å²) in [7, 11) is 0. The summed E-state index contributed by atoms with van der Waals surface area (Å²) < 4.78 is 5.08. The lowest BCUT2D eigenvalue weighted by Crippen LogP contribution is -2.37. The number of nitriles is 1. The van der Waals surface area contributed by atoms with Gasteiger partial charge in [-0.05, 0) is 24.1 Å². The third kappa shape index (κ3) is 1.59. The number of hydrogen-bond donors (Lipinski definition) is 0. The molecule has 1 heterocycles. The molecule has 1 saturated heterocycles. The SMILES string of the molecule is CC[C@@H]1C(=O)O[C@H]1c1ccc(C#N)cc1. The minimum atomic E-state index is -0.119. The van der Waals surface area contributed by atoms with Crippen LogP contribution in [0.1, 0.15) is 30.6 Å². The van der Waals surface area contributed by atoms with Crippen LogP contribution in [-0.2, 0) is 9.53 Å². The topological polar surface area (TPSA) is 50.1 Å². The summed E-state index contributed by atoms with van der Waals surface area (Å²) in [5.41, 5.74) is 1.60. The second-order valence-corrected chi connectivity index (χ2v) is 3.61. The summed E-state index contributed by atoms with van der Waals surface area (Å²) in [5.74, 6) is -0.134. The Labute approximate surface area is 88.3 Å². The van der Waals surface area contributed by atoms with Crippen molar-refractivity contribution in [3.63, 3.8) is 0 Å². The van der Waals surface area contributed by atoms with E-state index in [2.05, 4.69) is 6.07 Å². The van der Waals surface area contributed by atoms with Crippen LogP contribution in [0, 0.1) is 17.2 Å². The molecule has 0 amide bonds. The summed E-state index contributed by atoms with van der Waals surface area (Å²) in [4.78, 5) is 11.1. The van der Waals surface area contributed by atoms with Gasteiger partial charge >= 0.3 is 5.97 Å². The van der Waals surface area contributed by atoms with Crippen LogP contribution in [-0.4, -0.2) is 5.97 Å². The lowest BCUT2D eigenvalue weighted by Gasteiger charge is -2.34. The van der Waals surface area contributed by atoms with E-state index in [0.29, 0.717) is 5.56 Å². The van der Waals surface area contributed by atoms with E-state index in [-0.39, 0.29) is 18.0 Å². The van der Waals surface area contributed by atoms with Gasteiger partial charge in [0, 0.05) is 0 Å². The van der Waals surface area contributed by atoms with Gasteiger partial charge in [-0.2, -0.15) is 5.26 Å². The van der Waals surface area contributed by atoms with Gasteiger partial charge in [-0.25, -0.2) is 0 Å². The van der Waals surface area contributed by atoms with Crippen molar-refractivity contribution in [2.45, 2.75) is 19.4 Å². The number of ether oxygens (including phenoxy) is 1. The molecule has 1 aliphatic heterocycles. The van der Waals surface area contributed by atoms with Crippen molar-refractivity contribution in [2.24, 2.45) is 5.92 Å². The minimum Gasteiger partial charge on any atom is -0.456 e. The van der Waals surface area contributed by atoms with E-state index in [0.717, 1.165) is 12.0 Å². The molecule has 3 nitrogen and oxygen atoms in total. The van der Waals surface area contributed by atoms with Crippen LogP contribution >= 0.6 is 0 Å². The summed E-state index contributed by atoms with van der Waals surface area (Å²) in [6, 6.07) is 9.23. The van der Waals surface area contributed by atoms with Crippen LogP contribution in [0.3, 0.4) is 0 Å². The second-order valence-electron chi connectivity index (χ2n) is 3.61. The zero-order valence-electron chi connectivity index (χ0n) is 8.43. The highest BCUT2D eigenvalue weighted by Gasteiger charge is 2.41. The molecule has 0 radical (unpaired) electrons. The highest BCUT2D eigenvalue weighted by molar-refractivity contribution is 5.79. The number of esters is 1. The van der Waals surface area contributed by atoms with Crippen LogP contribution in [0.15, 0.2) is 24.3 Å². The van der Waals surface area contributed by atoms with E-state index < -0.39 is 0 Å². The van der Waals surface area contributed by atoms with Crippen LogP contribution in [0.2, 0.25) is 0 Å². The maximum atomic E-state index is 11.1. The average Bonchev–Trinajstić information content (AvgIpc) is 2.26. The third-order valence-electron chi connectivity index (χ3n) is 2.72. The fraction of sp³-hybridized carbons (Fsp3) is 0.333. The zero-order valence-corrected chi connectivity index (χ0v) is 8.43. The Balaban J connectivity index is 2.18. The molecular formula is C12H11NO2. The van der Waals surface area contributed by atoms with Crippen molar-refractivity contribution in [1.82, 2.24) is 0 Å². The molecular weight excluding hydrogens is 190 g/mol. The van der Waals surface area contributed by atoms with E-state index in [9.17, 15) is 4.79 Å². The Morgan fingerprint density at radius 3 is 2.53 bits per heavy atom. The Kier molecular flexibility index (Phi) is 2.42. The first kappa shape index (κ1) is 9.72. The van der Waals surface area contributed by atoms with Gasteiger partial charge in [-0.1, -0.05) is 19.1 Å². The van der Waals surface area contributed by atoms with Gasteiger partial charge in [0.1, 0.15) is 6.10 Å². The summed E-state index contributed by atoms with van der Waals surface area (Å²) in [5, 5.41) is 8.64. The lowest BCUT2D eigenvalue weighted by molar-refractivity contribution is -0.186. The molecule has 0 spiro atoms. The van der Waals surface area contributed by atoms with Crippen LogP contribution in [0.25, 0.3) is 0 Å². The molecule has 0 N–H and O–H groups in total. The number of benzene rings is 1. The smallest absolute Gasteiger partial charge is 0.313 e. The van der Waals surface area contributed by atoms with E-state index in [1.165, 1.54) is 0 Å². The van der Waals surface area contributed by atoms with Gasteiger partial charge in [0.25, 0.3) is 0 Å². The monoisotopic (exact) mass is 201 g/mol. The number of carbonyl (C=O) groups is 1. The zero-order chi connectivity index (χ0) is 10.8. The van der Waals surface area contributed by atoms with E-state index in [1.807, 2.05) is 19.1 Å². The number of cyclic esters (lactones) is 1. The Morgan fingerprint density at radius 1 is 1.40 bits per heavy atom. The largest absolute Gasteiger partial charge is 0.456 e. The molecule has 1 aromatic carbocycles. The summed E-state index contributed by atoms with van der Waals surface area (Å²) in [6.45, 7) is 1.97. The Bertz CT molecular complexity index is 416. The maximum absolute atomic E-state index is 11.1. The third-order valence-corrected chi connectivity index (χ3v) is 2.72. The molecule has 0 aromatic heterocycles. The highest BCUT2D eigenvalue weighted by atomic mass is 16.6. The van der Waals surface area contributed by atoms with Crippen molar-refractivity contribution in [3.8, 4) is 6.07 Å². The first-order valence-corrected chi connectivity index (χ1v) is 4.96. The van der Waals surface area contributed by atoms with Gasteiger partial charge in [-0.3, -0.25) is 4.79 Å². The van der Waals surface area contributed by atoms with Crippen molar-refractivity contribution >= 4 is 5.97 Å². The van der Waals surface area contributed by atoms with Crippen LogP contribution in [0.4, 0.5) is 0 Å². The number of nitrogens with zero attached hydrogens (tertiary/aromatic N) is 1. The summed E-state index contributed by atoms with van der Waals surface area (Å²) >= 11 is 0. The van der Waals surface area contributed by atoms with Gasteiger partial charge in [0.2, 0.25) is 0 Å². The van der Waals surface area contributed by atoms with Gasteiger partial charge in [0.15, 0.2) is 0 Å². The van der Waals surface area contributed by atoms with Crippen molar-refractivity contribution in [1.29, 1.82) is 5.26 Å². The first-order valence-electron chi connectivity index (χ1n) is 4.96. The fourth-order valence-electron chi connectivity index (χ4n) is 1.77. The molecule has 0 aliphatic carbocycles. The van der Waals surface area contributed by atoms with Crippen LogP contribution in [0.5, 0.6) is 0 Å². The average molecular weight is 201 g/mol. The fourth-order valence-corrected chi connectivity index (χ4v) is 1.77. The van der Waals surface area contributed by atoms with Crippen LogP contribution < -0.4 is 0 Å². The molecule has 1 aliphatic rings. The Hall–Kier alpha value is -1.82. The van der Waals surface area contributed by atoms with Gasteiger partial charge in [-0.15, -0.1) is 0 Å². The van der Waals surface area contributed by atoms with Crippen molar-refractivity contribution in [2.75, 3.05) is 0 Å². The van der Waals surface area contributed by atoms with E-state index in [1.54, 1.807) is 12.1 Å². The molecule has 2 rings (SSSR count). The van der Waals surface area contributed by atoms with Crippen molar-refractivity contribution < 1.29 is 9.53 Å². The first-order chi connectivity index (χ1) is 7.26. The second kappa shape index (κ2) is 3.74. The van der Waals surface area contributed by atoms with Gasteiger partial charge < -0.3 is 4.74 Å². The molecule has 0 saturated carbocycles. The number of carbonyl (C=O) groups excluding carboxylic acids is 1. The maximum Gasteiger partial charge on any atom is 0.313 e. The molecule has 15 heavy (non-hydrogen) atoms. The quantitative estimate of drug-likeness (QED) is 0.689. The standard InChI is InChI=1S/C12H11NO2/c1-2-10-11(15-12(10)14)9-5-3-8(7-13)4-6-9/h3-6,10-11H,2H2,1H3/t10-,11-/m0/s1. The predicted molar refractivity (Wildman–Crippen MR) is 53.8 cm³/mol. The van der Waals surface area contributed by atoms with E-state index in [4.69, 9.17) is 10.00 Å². The molecule has 1 aromatic rings. The molecule has 0 bridgehead atoms.